The molecule has 0 amide bonds. The highest BCUT2D eigenvalue weighted by Gasteiger charge is 2.03. The third-order valence-corrected chi connectivity index (χ3v) is 2.75. The molecule has 0 atom stereocenters. The number of rotatable bonds is 5. The molecule has 0 aliphatic rings. The number of nitrogen functional groups attached to an aromatic ring is 1. The Hall–Kier alpha value is -1.28. The summed E-state index contributed by atoms with van der Waals surface area (Å²) in [6.07, 6.45) is 2.81. The number of anilines is 1. The highest BCUT2D eigenvalue weighted by molar-refractivity contribution is 5.66. The number of likely N-dealkylation sites (N-methyl/N-ethyl adjacent to an activating group) is 1. The van der Waals surface area contributed by atoms with Crippen LogP contribution in [0.1, 0.15) is 18.1 Å². The van der Waals surface area contributed by atoms with E-state index in [2.05, 4.69) is 31.5 Å². The van der Waals surface area contributed by atoms with E-state index in [1.54, 1.807) is 0 Å². The van der Waals surface area contributed by atoms with Crippen molar-refractivity contribution in [3.05, 3.63) is 35.9 Å². The van der Waals surface area contributed by atoms with Gasteiger partial charge in [0.25, 0.3) is 0 Å². The Bertz CT molecular complexity index is 331. The van der Waals surface area contributed by atoms with E-state index in [1.807, 2.05) is 18.2 Å². The van der Waals surface area contributed by atoms with Crippen molar-refractivity contribution in [3.63, 3.8) is 0 Å². The molecule has 2 heteroatoms. The van der Waals surface area contributed by atoms with Crippen molar-refractivity contribution in [1.82, 2.24) is 4.90 Å². The minimum absolute atomic E-state index is 0.872. The Kier molecular flexibility index (Phi) is 4.37. The first-order chi connectivity index (χ1) is 7.19. The maximum absolute atomic E-state index is 6.03. The van der Waals surface area contributed by atoms with Gasteiger partial charge in [-0.25, -0.2) is 0 Å². The predicted molar refractivity (Wildman–Crippen MR) is 67.8 cm³/mol. The monoisotopic (exact) mass is 204 g/mol. The number of nitrogens with zero attached hydrogens (tertiary/aromatic N) is 1. The topological polar surface area (TPSA) is 29.3 Å². The summed E-state index contributed by atoms with van der Waals surface area (Å²) in [4.78, 5) is 2.28. The van der Waals surface area contributed by atoms with E-state index in [-0.39, 0.29) is 0 Å². The summed E-state index contributed by atoms with van der Waals surface area (Å²) in [7, 11) is 2.12. The Morgan fingerprint density at radius 1 is 1.47 bits per heavy atom. The molecule has 0 saturated carbocycles. The van der Waals surface area contributed by atoms with E-state index in [0.717, 1.165) is 30.8 Å². The van der Waals surface area contributed by atoms with E-state index in [0.29, 0.717) is 0 Å². The number of para-hydroxylation sites is 1. The summed E-state index contributed by atoms with van der Waals surface area (Å²) < 4.78 is 0. The lowest BCUT2D eigenvalue weighted by Gasteiger charge is -2.15. The highest BCUT2D eigenvalue weighted by atomic mass is 15.1. The summed E-state index contributed by atoms with van der Waals surface area (Å²) >= 11 is 0. The van der Waals surface area contributed by atoms with Crippen molar-refractivity contribution in [2.45, 2.75) is 13.3 Å². The first-order valence-corrected chi connectivity index (χ1v) is 5.37. The standard InChI is InChI=1S/C13H20N2/c1-4-11-7-6-8-12(13(11)14)9-10-15(3)5-2/h4,6-8H,1,5,9-10,14H2,2-3H3. The molecule has 1 aromatic rings. The molecule has 2 N–H and O–H groups in total. The fourth-order valence-corrected chi connectivity index (χ4v) is 1.50. The zero-order chi connectivity index (χ0) is 11.3. The van der Waals surface area contributed by atoms with Crippen LogP contribution in [-0.2, 0) is 6.42 Å². The molecule has 0 unspecified atom stereocenters. The van der Waals surface area contributed by atoms with Crippen molar-refractivity contribution >= 4 is 11.8 Å². The molecule has 1 rings (SSSR count). The van der Waals surface area contributed by atoms with Crippen LogP contribution in [0.2, 0.25) is 0 Å². The Balaban J connectivity index is 2.73. The zero-order valence-electron chi connectivity index (χ0n) is 9.66. The van der Waals surface area contributed by atoms with Gasteiger partial charge >= 0.3 is 0 Å². The second-order valence-electron chi connectivity index (χ2n) is 3.77. The van der Waals surface area contributed by atoms with Gasteiger partial charge in [-0.15, -0.1) is 0 Å². The third kappa shape index (κ3) is 3.10. The molecule has 15 heavy (non-hydrogen) atoms. The Labute approximate surface area is 92.4 Å². The van der Waals surface area contributed by atoms with E-state index < -0.39 is 0 Å². The van der Waals surface area contributed by atoms with Gasteiger partial charge in [0, 0.05) is 12.2 Å². The summed E-state index contributed by atoms with van der Waals surface area (Å²) in [6, 6.07) is 6.12. The quantitative estimate of drug-likeness (QED) is 0.746. The van der Waals surface area contributed by atoms with Gasteiger partial charge in [0.05, 0.1) is 0 Å². The maximum Gasteiger partial charge on any atom is 0.0420 e. The number of benzene rings is 1. The van der Waals surface area contributed by atoms with Crippen LogP contribution in [0.15, 0.2) is 24.8 Å². The van der Waals surface area contributed by atoms with Crippen LogP contribution in [-0.4, -0.2) is 25.0 Å². The molecule has 2 nitrogen and oxygen atoms in total. The SMILES string of the molecule is C=Cc1cccc(CCN(C)CC)c1N. The molecule has 0 heterocycles. The number of hydrogen-bond acceptors (Lipinski definition) is 2. The molecular weight excluding hydrogens is 184 g/mol. The predicted octanol–water partition coefficient (Wildman–Crippen LogP) is 2.41. The van der Waals surface area contributed by atoms with Crippen LogP contribution < -0.4 is 5.73 Å². The molecule has 0 aliphatic heterocycles. The van der Waals surface area contributed by atoms with Gasteiger partial charge in [0.1, 0.15) is 0 Å². The van der Waals surface area contributed by atoms with E-state index in [1.165, 1.54) is 5.56 Å². The molecule has 82 valence electrons. The van der Waals surface area contributed by atoms with Crippen molar-refractivity contribution < 1.29 is 0 Å². The van der Waals surface area contributed by atoms with Gasteiger partial charge < -0.3 is 10.6 Å². The summed E-state index contributed by atoms with van der Waals surface area (Å²) in [5.41, 5.74) is 9.15. The highest BCUT2D eigenvalue weighted by Crippen LogP contribution is 2.19. The van der Waals surface area contributed by atoms with E-state index in [9.17, 15) is 0 Å². The molecule has 0 fully saturated rings. The average Bonchev–Trinajstić information content (AvgIpc) is 2.27. The number of hydrogen-bond donors (Lipinski definition) is 1. The van der Waals surface area contributed by atoms with Crippen LogP contribution >= 0.6 is 0 Å². The molecule has 0 spiro atoms. The van der Waals surface area contributed by atoms with Crippen LogP contribution in [0.4, 0.5) is 5.69 Å². The molecular formula is C13H20N2. The molecule has 1 aromatic carbocycles. The van der Waals surface area contributed by atoms with Crippen molar-refractivity contribution in [2.75, 3.05) is 25.9 Å². The fourth-order valence-electron chi connectivity index (χ4n) is 1.50. The lowest BCUT2D eigenvalue weighted by molar-refractivity contribution is 0.358. The summed E-state index contributed by atoms with van der Waals surface area (Å²) in [6.45, 7) is 8.02. The minimum Gasteiger partial charge on any atom is -0.398 e. The second kappa shape index (κ2) is 5.56. The van der Waals surface area contributed by atoms with Gasteiger partial charge in [-0.05, 0) is 31.1 Å². The summed E-state index contributed by atoms with van der Waals surface area (Å²) in [5, 5.41) is 0. The second-order valence-corrected chi connectivity index (χ2v) is 3.77. The molecule has 0 radical (unpaired) electrons. The Morgan fingerprint density at radius 2 is 2.20 bits per heavy atom. The van der Waals surface area contributed by atoms with Gasteiger partial charge in [0.15, 0.2) is 0 Å². The molecule has 0 saturated heterocycles. The van der Waals surface area contributed by atoms with Crippen molar-refractivity contribution in [2.24, 2.45) is 0 Å². The molecule has 0 bridgehead atoms. The minimum atomic E-state index is 0.872. The van der Waals surface area contributed by atoms with Crippen LogP contribution in [0.5, 0.6) is 0 Å². The molecule has 0 aromatic heterocycles. The largest absolute Gasteiger partial charge is 0.398 e. The maximum atomic E-state index is 6.03. The lowest BCUT2D eigenvalue weighted by Crippen LogP contribution is -2.20. The van der Waals surface area contributed by atoms with Crippen LogP contribution in [0.25, 0.3) is 6.08 Å². The van der Waals surface area contributed by atoms with E-state index in [4.69, 9.17) is 5.73 Å². The molecule has 0 aliphatic carbocycles. The van der Waals surface area contributed by atoms with Gasteiger partial charge in [-0.3, -0.25) is 0 Å². The number of nitrogens with two attached hydrogens (primary N) is 1. The normalized spacial score (nSPS) is 10.6. The van der Waals surface area contributed by atoms with E-state index >= 15 is 0 Å². The van der Waals surface area contributed by atoms with Gasteiger partial charge in [0.2, 0.25) is 0 Å². The van der Waals surface area contributed by atoms with Crippen LogP contribution in [0.3, 0.4) is 0 Å². The van der Waals surface area contributed by atoms with Gasteiger partial charge in [-0.2, -0.15) is 0 Å². The smallest absolute Gasteiger partial charge is 0.0420 e. The average molecular weight is 204 g/mol. The van der Waals surface area contributed by atoms with Crippen molar-refractivity contribution in [1.29, 1.82) is 0 Å². The summed E-state index contributed by atoms with van der Waals surface area (Å²) in [5.74, 6) is 0. The first-order valence-electron chi connectivity index (χ1n) is 5.37. The fraction of sp³-hybridized carbons (Fsp3) is 0.385. The third-order valence-electron chi connectivity index (χ3n) is 2.75. The van der Waals surface area contributed by atoms with Gasteiger partial charge in [-0.1, -0.05) is 37.8 Å². The van der Waals surface area contributed by atoms with Crippen LogP contribution in [0, 0.1) is 0 Å². The lowest BCUT2D eigenvalue weighted by atomic mass is 10.0. The van der Waals surface area contributed by atoms with Crippen molar-refractivity contribution in [3.8, 4) is 0 Å². The Morgan fingerprint density at radius 3 is 2.80 bits per heavy atom. The zero-order valence-corrected chi connectivity index (χ0v) is 9.66. The first kappa shape index (κ1) is 11.8.